The van der Waals surface area contributed by atoms with Gasteiger partial charge >= 0.3 is 5.97 Å². The van der Waals surface area contributed by atoms with Gasteiger partial charge in [-0.15, -0.1) is 0 Å². The first-order chi connectivity index (χ1) is 11.9. The molecule has 0 atom stereocenters. The largest absolute Gasteiger partial charge is 0.454 e. The molecule has 1 aromatic heterocycles. The highest BCUT2D eigenvalue weighted by atomic mass is 16.7. The van der Waals surface area contributed by atoms with E-state index < -0.39 is 5.97 Å². The number of benzene rings is 1. The fraction of sp³-hybridized carbons (Fsp3) is 0.278. The molecule has 0 radical (unpaired) electrons. The van der Waals surface area contributed by atoms with Crippen molar-refractivity contribution in [3.05, 3.63) is 47.4 Å². The van der Waals surface area contributed by atoms with Crippen LogP contribution in [-0.4, -0.2) is 28.4 Å². The Morgan fingerprint density at radius 3 is 2.76 bits per heavy atom. The van der Waals surface area contributed by atoms with Gasteiger partial charge in [-0.2, -0.15) is 5.10 Å². The second-order valence-electron chi connectivity index (χ2n) is 6.79. The minimum Gasteiger partial charge on any atom is -0.454 e. The number of fused-ring (bicyclic) bond motifs is 1. The van der Waals surface area contributed by atoms with Crippen molar-refractivity contribution in [1.29, 1.82) is 0 Å². The Morgan fingerprint density at radius 1 is 1.20 bits per heavy atom. The predicted molar refractivity (Wildman–Crippen MR) is 90.4 cm³/mol. The van der Waals surface area contributed by atoms with Crippen molar-refractivity contribution in [1.82, 2.24) is 9.78 Å². The second-order valence-corrected chi connectivity index (χ2v) is 6.79. The van der Waals surface area contributed by atoms with Crippen LogP contribution in [0.25, 0.3) is 6.08 Å². The van der Waals surface area contributed by atoms with Crippen LogP contribution in [0.15, 0.2) is 41.3 Å². The number of carbonyl (C=O) groups is 1. The van der Waals surface area contributed by atoms with Crippen LogP contribution in [0, 0.1) is 0 Å². The van der Waals surface area contributed by atoms with Crippen LogP contribution in [0.3, 0.4) is 0 Å². The molecule has 0 amide bonds. The van der Waals surface area contributed by atoms with Crippen LogP contribution in [-0.2, 0) is 15.1 Å². The molecule has 25 heavy (non-hydrogen) atoms. The average Bonchev–Trinajstić information content (AvgIpc) is 3.27. The molecule has 0 N–H and O–H groups in total. The summed E-state index contributed by atoms with van der Waals surface area (Å²) in [4.78, 5) is 16.4. The standard InChI is InChI=1S/C18H17N3O4/c1-18(2,3)21-9-11(8-19-21)6-13-17(22)25-16(20-13)12-4-5-14-15(7-12)24-10-23-14/h4-9H,10H2,1-3H3. The average molecular weight is 339 g/mol. The van der Waals surface area contributed by atoms with Crippen molar-refractivity contribution in [3.8, 4) is 11.5 Å². The first-order valence-corrected chi connectivity index (χ1v) is 7.88. The number of nitrogens with zero attached hydrogens (tertiary/aromatic N) is 3. The highest BCUT2D eigenvalue weighted by molar-refractivity contribution is 6.13. The van der Waals surface area contributed by atoms with Gasteiger partial charge < -0.3 is 14.2 Å². The van der Waals surface area contributed by atoms with E-state index in [1.807, 2.05) is 10.9 Å². The van der Waals surface area contributed by atoms with Gasteiger partial charge in [0.1, 0.15) is 0 Å². The van der Waals surface area contributed by atoms with E-state index in [1.54, 1.807) is 30.5 Å². The number of carbonyl (C=O) groups excluding carboxylic acids is 1. The number of cyclic esters (lactones) is 1. The minimum atomic E-state index is -0.490. The fourth-order valence-corrected chi connectivity index (χ4v) is 2.50. The maximum Gasteiger partial charge on any atom is 0.363 e. The second kappa shape index (κ2) is 5.47. The van der Waals surface area contributed by atoms with Crippen LogP contribution in [0.1, 0.15) is 31.9 Å². The summed E-state index contributed by atoms with van der Waals surface area (Å²) >= 11 is 0. The Kier molecular flexibility index (Phi) is 3.38. The molecule has 0 saturated carbocycles. The van der Waals surface area contributed by atoms with Gasteiger partial charge in [-0.05, 0) is 45.0 Å². The Balaban J connectivity index is 1.63. The van der Waals surface area contributed by atoms with Crippen molar-refractivity contribution in [3.63, 3.8) is 0 Å². The molecule has 1 aromatic carbocycles. The molecule has 2 aliphatic rings. The Hall–Kier alpha value is -3.09. The van der Waals surface area contributed by atoms with Crippen molar-refractivity contribution >= 4 is 17.9 Å². The van der Waals surface area contributed by atoms with Gasteiger partial charge in [-0.25, -0.2) is 9.79 Å². The summed E-state index contributed by atoms with van der Waals surface area (Å²) in [6.45, 7) is 6.35. The Bertz CT molecular complexity index is 919. The quantitative estimate of drug-likeness (QED) is 0.621. The molecule has 3 heterocycles. The molecule has 4 rings (SSSR count). The highest BCUT2D eigenvalue weighted by Gasteiger charge is 2.26. The van der Waals surface area contributed by atoms with Crippen molar-refractivity contribution in [2.75, 3.05) is 6.79 Å². The topological polar surface area (TPSA) is 74.9 Å². The Labute approximate surface area is 144 Å². The lowest BCUT2D eigenvalue weighted by Crippen LogP contribution is -2.21. The summed E-state index contributed by atoms with van der Waals surface area (Å²) in [6.07, 6.45) is 5.23. The molecule has 2 aliphatic heterocycles. The van der Waals surface area contributed by atoms with E-state index >= 15 is 0 Å². The van der Waals surface area contributed by atoms with E-state index in [-0.39, 0.29) is 23.9 Å². The van der Waals surface area contributed by atoms with Gasteiger partial charge in [-0.1, -0.05) is 0 Å². The van der Waals surface area contributed by atoms with Crippen molar-refractivity contribution in [2.45, 2.75) is 26.3 Å². The molecule has 0 spiro atoms. The lowest BCUT2D eigenvalue weighted by atomic mass is 10.1. The third-order valence-corrected chi connectivity index (χ3v) is 3.83. The zero-order valence-electron chi connectivity index (χ0n) is 14.1. The summed E-state index contributed by atoms with van der Waals surface area (Å²) in [5, 5.41) is 4.31. The number of aliphatic imine (C=N–C) groups is 1. The predicted octanol–water partition coefficient (Wildman–Crippen LogP) is 2.71. The van der Waals surface area contributed by atoms with Crippen LogP contribution in [0.5, 0.6) is 11.5 Å². The number of aromatic nitrogens is 2. The molecular weight excluding hydrogens is 322 g/mol. The van der Waals surface area contributed by atoms with Gasteiger partial charge in [0.15, 0.2) is 17.2 Å². The van der Waals surface area contributed by atoms with Crippen molar-refractivity contribution < 1.29 is 19.0 Å². The van der Waals surface area contributed by atoms with Crippen molar-refractivity contribution in [2.24, 2.45) is 4.99 Å². The summed E-state index contributed by atoms with van der Waals surface area (Å²) in [7, 11) is 0. The van der Waals surface area contributed by atoms with Gasteiger partial charge in [0.05, 0.1) is 11.7 Å². The minimum absolute atomic E-state index is 0.131. The molecule has 7 heteroatoms. The third-order valence-electron chi connectivity index (χ3n) is 3.83. The third kappa shape index (κ3) is 2.88. The zero-order chi connectivity index (χ0) is 17.6. The number of rotatable bonds is 2. The number of ether oxygens (including phenoxy) is 3. The van der Waals surface area contributed by atoms with E-state index in [0.717, 1.165) is 5.56 Å². The highest BCUT2D eigenvalue weighted by Crippen LogP contribution is 2.33. The zero-order valence-corrected chi connectivity index (χ0v) is 14.1. The van der Waals surface area contributed by atoms with Gasteiger partial charge in [-0.3, -0.25) is 4.68 Å². The number of esters is 1. The summed E-state index contributed by atoms with van der Waals surface area (Å²) in [5.41, 5.74) is 1.55. The molecule has 128 valence electrons. The molecule has 0 saturated heterocycles. The normalized spacial score (nSPS) is 17.8. The maximum absolute atomic E-state index is 12.1. The molecule has 2 aromatic rings. The smallest absolute Gasteiger partial charge is 0.363 e. The van der Waals surface area contributed by atoms with E-state index in [9.17, 15) is 4.79 Å². The number of hydrogen-bond acceptors (Lipinski definition) is 6. The number of hydrogen-bond donors (Lipinski definition) is 0. The van der Waals surface area contributed by atoms with Gasteiger partial charge in [0, 0.05) is 17.3 Å². The molecule has 0 aliphatic carbocycles. The van der Waals surface area contributed by atoms with Crippen LogP contribution >= 0.6 is 0 Å². The van der Waals surface area contributed by atoms with Crippen LogP contribution in [0.2, 0.25) is 0 Å². The molecular formula is C18H17N3O4. The first kappa shape index (κ1) is 15.4. The van der Waals surface area contributed by atoms with E-state index in [0.29, 0.717) is 17.1 Å². The summed E-state index contributed by atoms with van der Waals surface area (Å²) in [5.74, 6) is 1.04. The van der Waals surface area contributed by atoms with Gasteiger partial charge in [0.25, 0.3) is 0 Å². The van der Waals surface area contributed by atoms with Gasteiger partial charge in [0.2, 0.25) is 12.7 Å². The van der Waals surface area contributed by atoms with Crippen LogP contribution in [0.4, 0.5) is 0 Å². The molecule has 0 bridgehead atoms. The Morgan fingerprint density at radius 2 is 2.00 bits per heavy atom. The van der Waals surface area contributed by atoms with E-state index in [2.05, 4.69) is 30.9 Å². The van der Waals surface area contributed by atoms with E-state index in [1.165, 1.54) is 0 Å². The summed E-state index contributed by atoms with van der Waals surface area (Å²) < 4.78 is 17.7. The summed E-state index contributed by atoms with van der Waals surface area (Å²) in [6, 6.07) is 5.29. The monoisotopic (exact) mass is 339 g/mol. The molecule has 0 fully saturated rings. The molecule has 0 unspecified atom stereocenters. The van der Waals surface area contributed by atoms with E-state index in [4.69, 9.17) is 14.2 Å². The lowest BCUT2D eigenvalue weighted by Gasteiger charge is -2.18. The SMILES string of the molecule is CC(C)(C)n1cc(C=C2N=C(c3ccc4c(c3)OCO4)OC2=O)cn1. The maximum atomic E-state index is 12.1. The first-order valence-electron chi connectivity index (χ1n) is 7.88. The van der Waals surface area contributed by atoms with Crippen LogP contribution < -0.4 is 9.47 Å². The molecule has 7 nitrogen and oxygen atoms in total. The lowest BCUT2D eigenvalue weighted by molar-refractivity contribution is -0.129. The fourth-order valence-electron chi connectivity index (χ4n) is 2.50.